The minimum atomic E-state index is -0.531. The average Bonchev–Trinajstić information content (AvgIpc) is 2.15. The van der Waals surface area contributed by atoms with Gasteiger partial charge in [0.2, 0.25) is 5.91 Å². The van der Waals surface area contributed by atoms with Crippen molar-refractivity contribution in [2.24, 2.45) is 5.41 Å². The Balaban J connectivity index is 2.18. The van der Waals surface area contributed by atoms with E-state index in [-0.39, 0.29) is 5.91 Å². The molecule has 0 aliphatic carbocycles. The van der Waals surface area contributed by atoms with Crippen LogP contribution in [0.25, 0.3) is 0 Å². The molecule has 2 aliphatic heterocycles. The van der Waals surface area contributed by atoms with E-state index in [4.69, 9.17) is 0 Å². The Labute approximate surface area is 77.7 Å². The molecular formula is C9H16N2O2. The predicted octanol–water partition coefficient (Wildman–Crippen LogP) is -0.763. The van der Waals surface area contributed by atoms with Gasteiger partial charge >= 0.3 is 0 Å². The number of aliphatic hydroxyl groups is 1. The van der Waals surface area contributed by atoms with Crippen LogP contribution in [0.5, 0.6) is 0 Å². The van der Waals surface area contributed by atoms with E-state index >= 15 is 0 Å². The number of hydrogen-bond donors (Lipinski definition) is 3. The van der Waals surface area contributed by atoms with E-state index in [1.165, 1.54) is 0 Å². The molecule has 0 aromatic carbocycles. The maximum absolute atomic E-state index is 11.7. The zero-order valence-corrected chi connectivity index (χ0v) is 7.68. The summed E-state index contributed by atoms with van der Waals surface area (Å²) in [7, 11) is 0. The average molecular weight is 184 g/mol. The van der Waals surface area contributed by atoms with Crippen molar-refractivity contribution in [1.29, 1.82) is 0 Å². The van der Waals surface area contributed by atoms with Crippen molar-refractivity contribution < 1.29 is 9.90 Å². The van der Waals surface area contributed by atoms with Crippen LogP contribution in [0, 0.1) is 5.41 Å². The number of hydrogen-bond acceptors (Lipinski definition) is 3. The van der Waals surface area contributed by atoms with Gasteiger partial charge in [-0.05, 0) is 25.8 Å². The highest BCUT2D eigenvalue weighted by atomic mass is 16.3. The Kier molecular flexibility index (Phi) is 2.26. The van der Waals surface area contributed by atoms with Gasteiger partial charge in [0.15, 0.2) is 0 Å². The summed E-state index contributed by atoms with van der Waals surface area (Å²) in [5.74, 6) is 0.0263. The fourth-order valence-corrected chi connectivity index (χ4v) is 2.33. The Bertz CT molecular complexity index is 214. The second-order valence-electron chi connectivity index (χ2n) is 4.00. The first-order chi connectivity index (χ1) is 6.26. The molecular weight excluding hydrogens is 168 g/mol. The molecule has 2 fully saturated rings. The third-order valence-corrected chi connectivity index (χ3v) is 3.21. The zero-order chi connectivity index (χ0) is 9.31. The van der Waals surface area contributed by atoms with Crippen molar-refractivity contribution in [3.63, 3.8) is 0 Å². The molecule has 0 bridgehead atoms. The number of rotatable bonds is 0. The molecule has 0 aromatic heterocycles. The highest BCUT2D eigenvalue weighted by molar-refractivity contribution is 5.84. The summed E-state index contributed by atoms with van der Waals surface area (Å²) in [6.07, 6.45) is 2.01. The van der Waals surface area contributed by atoms with Gasteiger partial charge in [-0.3, -0.25) is 4.79 Å². The molecule has 2 atom stereocenters. The molecule has 0 aromatic rings. The fraction of sp³-hybridized carbons (Fsp3) is 0.889. The van der Waals surface area contributed by atoms with Gasteiger partial charge in [0.1, 0.15) is 0 Å². The lowest BCUT2D eigenvalue weighted by molar-refractivity contribution is -0.143. The van der Waals surface area contributed by atoms with Crippen LogP contribution in [0.2, 0.25) is 0 Å². The lowest BCUT2D eigenvalue weighted by atomic mass is 9.72. The third kappa shape index (κ3) is 1.34. The molecule has 0 saturated carbocycles. The van der Waals surface area contributed by atoms with Crippen LogP contribution >= 0.6 is 0 Å². The molecule has 2 rings (SSSR count). The maximum atomic E-state index is 11.7. The quantitative estimate of drug-likeness (QED) is 0.463. The van der Waals surface area contributed by atoms with E-state index < -0.39 is 11.5 Å². The first-order valence-electron chi connectivity index (χ1n) is 4.93. The van der Waals surface area contributed by atoms with Crippen molar-refractivity contribution in [3.05, 3.63) is 0 Å². The van der Waals surface area contributed by atoms with Crippen molar-refractivity contribution in [2.45, 2.75) is 25.4 Å². The summed E-state index contributed by atoms with van der Waals surface area (Å²) in [5, 5.41) is 15.9. The number of nitrogens with one attached hydrogen (secondary N) is 2. The third-order valence-electron chi connectivity index (χ3n) is 3.21. The molecule has 74 valence electrons. The summed E-state index contributed by atoms with van der Waals surface area (Å²) in [6.45, 7) is 2.20. The molecule has 1 spiro atoms. The largest absolute Gasteiger partial charge is 0.392 e. The topological polar surface area (TPSA) is 61.4 Å². The first kappa shape index (κ1) is 8.97. The summed E-state index contributed by atoms with van der Waals surface area (Å²) in [5.41, 5.74) is -0.531. The van der Waals surface area contributed by atoms with Gasteiger partial charge in [-0.15, -0.1) is 0 Å². The van der Waals surface area contributed by atoms with E-state index in [1.54, 1.807) is 0 Å². The number of aliphatic hydroxyl groups excluding tert-OH is 1. The predicted molar refractivity (Wildman–Crippen MR) is 48.2 cm³/mol. The summed E-state index contributed by atoms with van der Waals surface area (Å²) in [6, 6.07) is 0. The highest BCUT2D eigenvalue weighted by Gasteiger charge is 2.47. The van der Waals surface area contributed by atoms with Crippen LogP contribution in [0.1, 0.15) is 19.3 Å². The molecule has 2 saturated heterocycles. The van der Waals surface area contributed by atoms with Gasteiger partial charge in [0.05, 0.1) is 11.5 Å². The summed E-state index contributed by atoms with van der Waals surface area (Å²) >= 11 is 0. The smallest absolute Gasteiger partial charge is 0.230 e. The van der Waals surface area contributed by atoms with E-state index in [1.807, 2.05) is 0 Å². The minimum absolute atomic E-state index is 0.0263. The second-order valence-corrected chi connectivity index (χ2v) is 4.00. The number of amides is 1. The van der Waals surface area contributed by atoms with Crippen LogP contribution in [0.4, 0.5) is 0 Å². The van der Waals surface area contributed by atoms with Crippen molar-refractivity contribution in [1.82, 2.24) is 10.6 Å². The number of piperidine rings is 2. The van der Waals surface area contributed by atoms with Crippen LogP contribution < -0.4 is 10.6 Å². The Hall–Kier alpha value is -0.610. The molecule has 4 nitrogen and oxygen atoms in total. The first-order valence-corrected chi connectivity index (χ1v) is 4.93. The molecule has 4 heteroatoms. The van der Waals surface area contributed by atoms with Crippen LogP contribution in [-0.2, 0) is 4.79 Å². The van der Waals surface area contributed by atoms with E-state index in [2.05, 4.69) is 10.6 Å². The van der Waals surface area contributed by atoms with E-state index in [0.717, 1.165) is 25.9 Å². The molecule has 2 aliphatic rings. The van der Waals surface area contributed by atoms with Gasteiger partial charge in [0.25, 0.3) is 0 Å². The van der Waals surface area contributed by atoms with Gasteiger partial charge < -0.3 is 15.7 Å². The zero-order valence-electron chi connectivity index (χ0n) is 7.68. The van der Waals surface area contributed by atoms with Crippen molar-refractivity contribution >= 4 is 5.91 Å². The Morgan fingerprint density at radius 1 is 1.46 bits per heavy atom. The molecule has 0 radical (unpaired) electrons. The second kappa shape index (κ2) is 3.27. The van der Waals surface area contributed by atoms with Crippen molar-refractivity contribution in [3.8, 4) is 0 Å². The number of carbonyl (C=O) groups excluding carboxylic acids is 1. The van der Waals surface area contributed by atoms with E-state index in [9.17, 15) is 9.90 Å². The molecule has 1 amide bonds. The lowest BCUT2D eigenvalue weighted by Crippen LogP contribution is -2.60. The highest BCUT2D eigenvalue weighted by Crippen LogP contribution is 2.34. The summed E-state index contributed by atoms with van der Waals surface area (Å²) < 4.78 is 0. The molecule has 0 unspecified atom stereocenters. The minimum Gasteiger partial charge on any atom is -0.392 e. The normalized spacial score (nSPS) is 40.4. The van der Waals surface area contributed by atoms with Gasteiger partial charge in [-0.25, -0.2) is 0 Å². The van der Waals surface area contributed by atoms with Crippen LogP contribution in [-0.4, -0.2) is 36.8 Å². The van der Waals surface area contributed by atoms with E-state index in [0.29, 0.717) is 13.0 Å². The Morgan fingerprint density at radius 3 is 3.00 bits per heavy atom. The van der Waals surface area contributed by atoms with Gasteiger partial charge in [0, 0.05) is 13.1 Å². The fourth-order valence-electron chi connectivity index (χ4n) is 2.33. The maximum Gasteiger partial charge on any atom is 0.230 e. The van der Waals surface area contributed by atoms with Crippen LogP contribution in [0.3, 0.4) is 0 Å². The van der Waals surface area contributed by atoms with Crippen molar-refractivity contribution in [2.75, 3.05) is 19.6 Å². The monoisotopic (exact) mass is 184 g/mol. The lowest BCUT2D eigenvalue weighted by Gasteiger charge is -2.42. The van der Waals surface area contributed by atoms with Gasteiger partial charge in [-0.1, -0.05) is 0 Å². The SMILES string of the molecule is O=C1NCCC[C@]12CNCC[C@@H]2O. The molecule has 13 heavy (non-hydrogen) atoms. The standard InChI is InChI=1S/C9H16N2O2/c12-7-2-5-10-6-9(7)3-1-4-11-8(9)13/h7,10,12H,1-6H2,(H,11,13)/t7-,9+/m0/s1. The summed E-state index contributed by atoms with van der Waals surface area (Å²) in [4.78, 5) is 11.7. The number of carbonyl (C=O) groups is 1. The molecule has 3 N–H and O–H groups in total. The van der Waals surface area contributed by atoms with Crippen LogP contribution in [0.15, 0.2) is 0 Å². The van der Waals surface area contributed by atoms with Gasteiger partial charge in [-0.2, -0.15) is 0 Å². The molecule has 2 heterocycles. The Morgan fingerprint density at radius 2 is 2.31 bits per heavy atom.